The Hall–Kier alpha value is -1.75. The molecule has 0 bridgehead atoms. The minimum absolute atomic E-state index is 0.0876. The molecule has 0 saturated heterocycles. The Morgan fingerprint density at radius 3 is 2.58 bits per heavy atom. The lowest BCUT2D eigenvalue weighted by molar-refractivity contribution is -0.118. The van der Waals surface area contributed by atoms with Gasteiger partial charge in [0, 0.05) is 11.8 Å². The number of nitrogens with one attached hydrogen (secondary N) is 1. The molecule has 0 heterocycles. The van der Waals surface area contributed by atoms with Crippen molar-refractivity contribution in [2.45, 2.75) is 26.8 Å². The number of hydrogen-bond donors (Lipinski definition) is 2. The molecule has 0 unspecified atom stereocenters. The van der Waals surface area contributed by atoms with Crippen molar-refractivity contribution in [1.82, 2.24) is 0 Å². The lowest BCUT2D eigenvalue weighted by atomic mass is 10.0. The van der Waals surface area contributed by atoms with E-state index in [0.717, 1.165) is 0 Å². The van der Waals surface area contributed by atoms with Gasteiger partial charge in [0.15, 0.2) is 11.5 Å². The highest BCUT2D eigenvalue weighted by atomic mass is 16.5. The van der Waals surface area contributed by atoms with E-state index in [0.29, 0.717) is 23.8 Å². The molecular formula is C14H22N2O3. The highest BCUT2D eigenvalue weighted by Crippen LogP contribution is 2.30. The van der Waals surface area contributed by atoms with Crippen LogP contribution in [0.5, 0.6) is 11.5 Å². The minimum Gasteiger partial charge on any atom is -0.493 e. The molecule has 19 heavy (non-hydrogen) atoms. The summed E-state index contributed by atoms with van der Waals surface area (Å²) in [5.41, 5.74) is 6.44. The van der Waals surface area contributed by atoms with Crippen molar-refractivity contribution in [3.63, 3.8) is 0 Å². The van der Waals surface area contributed by atoms with Gasteiger partial charge in [-0.2, -0.15) is 0 Å². The average molecular weight is 266 g/mol. The quantitative estimate of drug-likeness (QED) is 0.826. The van der Waals surface area contributed by atoms with E-state index in [1.807, 2.05) is 20.8 Å². The van der Waals surface area contributed by atoms with Gasteiger partial charge in [-0.1, -0.05) is 13.8 Å². The summed E-state index contributed by atoms with van der Waals surface area (Å²) in [6.45, 7) is 6.23. The predicted molar refractivity (Wildman–Crippen MR) is 75.6 cm³/mol. The van der Waals surface area contributed by atoms with E-state index in [2.05, 4.69) is 5.32 Å². The Bertz CT molecular complexity index is 433. The Morgan fingerprint density at radius 2 is 2.05 bits per heavy atom. The second-order valence-electron chi connectivity index (χ2n) is 4.56. The fourth-order valence-electron chi connectivity index (χ4n) is 1.55. The van der Waals surface area contributed by atoms with Gasteiger partial charge in [-0.3, -0.25) is 4.79 Å². The van der Waals surface area contributed by atoms with Gasteiger partial charge in [0.25, 0.3) is 0 Å². The molecule has 1 atom stereocenters. The van der Waals surface area contributed by atoms with E-state index in [1.54, 1.807) is 25.3 Å². The Balaban J connectivity index is 2.84. The van der Waals surface area contributed by atoms with E-state index in [9.17, 15) is 4.79 Å². The fraction of sp³-hybridized carbons (Fsp3) is 0.500. The van der Waals surface area contributed by atoms with E-state index in [4.69, 9.17) is 15.2 Å². The summed E-state index contributed by atoms with van der Waals surface area (Å²) in [5, 5.41) is 2.77. The number of amides is 1. The van der Waals surface area contributed by atoms with Gasteiger partial charge in [0.05, 0.1) is 19.8 Å². The van der Waals surface area contributed by atoms with Crippen LogP contribution in [-0.4, -0.2) is 25.7 Å². The zero-order valence-electron chi connectivity index (χ0n) is 11.9. The van der Waals surface area contributed by atoms with Crippen LogP contribution in [0, 0.1) is 5.92 Å². The molecule has 5 heteroatoms. The van der Waals surface area contributed by atoms with Crippen LogP contribution < -0.4 is 20.5 Å². The molecule has 1 aromatic carbocycles. The molecule has 0 radical (unpaired) electrons. The second-order valence-corrected chi connectivity index (χ2v) is 4.56. The van der Waals surface area contributed by atoms with Crippen molar-refractivity contribution in [2.75, 3.05) is 19.0 Å². The lowest BCUT2D eigenvalue weighted by Gasteiger charge is -2.16. The predicted octanol–water partition coefficient (Wildman–Crippen LogP) is 2.02. The zero-order chi connectivity index (χ0) is 14.4. The zero-order valence-corrected chi connectivity index (χ0v) is 11.9. The monoisotopic (exact) mass is 266 g/mol. The summed E-state index contributed by atoms with van der Waals surface area (Å²) in [5.74, 6) is 1.11. The Morgan fingerprint density at radius 1 is 1.37 bits per heavy atom. The van der Waals surface area contributed by atoms with Gasteiger partial charge in [-0.25, -0.2) is 0 Å². The normalized spacial score (nSPS) is 12.1. The van der Waals surface area contributed by atoms with Crippen LogP contribution in [-0.2, 0) is 4.79 Å². The molecule has 0 fully saturated rings. The van der Waals surface area contributed by atoms with Crippen LogP contribution in [0.4, 0.5) is 5.69 Å². The van der Waals surface area contributed by atoms with Crippen molar-refractivity contribution in [1.29, 1.82) is 0 Å². The van der Waals surface area contributed by atoms with E-state index >= 15 is 0 Å². The van der Waals surface area contributed by atoms with Crippen LogP contribution >= 0.6 is 0 Å². The van der Waals surface area contributed by atoms with Crippen molar-refractivity contribution < 1.29 is 14.3 Å². The molecule has 0 aliphatic rings. The van der Waals surface area contributed by atoms with E-state index in [-0.39, 0.29) is 11.8 Å². The molecule has 0 saturated carbocycles. The molecular weight excluding hydrogens is 244 g/mol. The summed E-state index contributed by atoms with van der Waals surface area (Å²) < 4.78 is 10.6. The largest absolute Gasteiger partial charge is 0.493 e. The fourth-order valence-corrected chi connectivity index (χ4v) is 1.55. The molecule has 106 valence electrons. The van der Waals surface area contributed by atoms with Gasteiger partial charge < -0.3 is 20.5 Å². The Kier molecular flexibility index (Phi) is 5.63. The Labute approximate surface area is 114 Å². The van der Waals surface area contributed by atoms with Crippen LogP contribution in [0.2, 0.25) is 0 Å². The number of nitrogens with two attached hydrogens (primary N) is 1. The number of ether oxygens (including phenoxy) is 2. The number of rotatable bonds is 6. The smallest absolute Gasteiger partial charge is 0.241 e. The van der Waals surface area contributed by atoms with E-state index < -0.39 is 6.04 Å². The highest BCUT2D eigenvalue weighted by Gasteiger charge is 2.17. The standard InChI is InChI=1S/C14H22N2O3/c1-5-19-12-8-10(6-7-11(12)18-4)16-14(17)13(15)9(2)3/h6-9,13H,5,15H2,1-4H3,(H,16,17)/t13-/m0/s1. The van der Waals surface area contributed by atoms with Crippen molar-refractivity contribution in [2.24, 2.45) is 11.7 Å². The molecule has 0 aliphatic carbocycles. The summed E-state index contributed by atoms with van der Waals surface area (Å²) in [7, 11) is 1.57. The first kappa shape index (κ1) is 15.3. The molecule has 1 rings (SSSR count). The third-order valence-corrected chi connectivity index (χ3v) is 2.75. The first-order valence-electron chi connectivity index (χ1n) is 6.36. The number of carbonyl (C=O) groups is 1. The van der Waals surface area contributed by atoms with Gasteiger partial charge in [-0.15, -0.1) is 0 Å². The summed E-state index contributed by atoms with van der Waals surface area (Å²) in [6, 6.07) is 4.71. The van der Waals surface area contributed by atoms with Crippen molar-refractivity contribution >= 4 is 11.6 Å². The average Bonchev–Trinajstić information content (AvgIpc) is 2.38. The molecule has 0 aromatic heterocycles. The first-order chi connectivity index (χ1) is 8.99. The van der Waals surface area contributed by atoms with Crippen molar-refractivity contribution in [3.8, 4) is 11.5 Å². The molecule has 1 amide bonds. The second kappa shape index (κ2) is 6.99. The maximum absolute atomic E-state index is 11.9. The van der Waals surface area contributed by atoms with Gasteiger partial charge in [0.2, 0.25) is 5.91 Å². The molecule has 0 spiro atoms. The highest BCUT2D eigenvalue weighted by molar-refractivity contribution is 5.95. The molecule has 3 N–H and O–H groups in total. The number of anilines is 1. The SMILES string of the molecule is CCOc1cc(NC(=O)[C@@H](N)C(C)C)ccc1OC. The third kappa shape index (κ3) is 4.13. The third-order valence-electron chi connectivity index (χ3n) is 2.75. The lowest BCUT2D eigenvalue weighted by Crippen LogP contribution is -2.39. The maximum atomic E-state index is 11.9. The van der Waals surface area contributed by atoms with Crippen LogP contribution in [0.3, 0.4) is 0 Å². The van der Waals surface area contributed by atoms with Gasteiger partial charge >= 0.3 is 0 Å². The van der Waals surface area contributed by atoms with Crippen molar-refractivity contribution in [3.05, 3.63) is 18.2 Å². The molecule has 1 aromatic rings. The summed E-state index contributed by atoms with van der Waals surface area (Å²) in [6.07, 6.45) is 0. The molecule has 0 aliphatic heterocycles. The topological polar surface area (TPSA) is 73.6 Å². The minimum atomic E-state index is -0.530. The van der Waals surface area contributed by atoms with Gasteiger partial charge in [0.1, 0.15) is 0 Å². The molecule has 5 nitrogen and oxygen atoms in total. The number of methoxy groups -OCH3 is 1. The number of benzene rings is 1. The van der Waals surface area contributed by atoms with Gasteiger partial charge in [-0.05, 0) is 25.0 Å². The number of carbonyl (C=O) groups excluding carboxylic acids is 1. The van der Waals surface area contributed by atoms with E-state index in [1.165, 1.54) is 0 Å². The van der Waals surface area contributed by atoms with Crippen LogP contribution in [0.25, 0.3) is 0 Å². The summed E-state index contributed by atoms with van der Waals surface area (Å²) in [4.78, 5) is 11.9. The summed E-state index contributed by atoms with van der Waals surface area (Å²) >= 11 is 0. The van der Waals surface area contributed by atoms with Crippen LogP contribution in [0.15, 0.2) is 18.2 Å². The van der Waals surface area contributed by atoms with Crippen LogP contribution in [0.1, 0.15) is 20.8 Å². The first-order valence-corrected chi connectivity index (χ1v) is 6.36. The number of hydrogen-bond acceptors (Lipinski definition) is 4. The maximum Gasteiger partial charge on any atom is 0.241 e.